The number of carbonyl (C=O) groups excluding carboxylic acids is 1. The average molecular weight is 671 g/mol. The number of carboxylic acids is 1. The monoisotopic (exact) mass is 669 g/mol. The smallest absolute Gasteiger partial charge is 0.337 e. The van der Waals surface area contributed by atoms with Gasteiger partial charge in [0.1, 0.15) is 11.6 Å². The summed E-state index contributed by atoms with van der Waals surface area (Å²) >= 11 is 13.3. The first-order valence-electron chi connectivity index (χ1n) is 15.5. The molecule has 1 amide bonds. The van der Waals surface area contributed by atoms with Gasteiger partial charge < -0.3 is 34.0 Å². The summed E-state index contributed by atoms with van der Waals surface area (Å²) in [6.07, 6.45) is 3.90. The summed E-state index contributed by atoms with van der Waals surface area (Å²) in [5.41, 5.74) is 2.79. The highest BCUT2D eigenvalue weighted by Gasteiger charge is 2.36. The van der Waals surface area contributed by atoms with Crippen molar-refractivity contribution in [3.05, 3.63) is 75.0 Å². The lowest BCUT2D eigenvalue weighted by molar-refractivity contribution is 0.0303. The average Bonchev–Trinajstić information content (AvgIpc) is 3.40. The van der Waals surface area contributed by atoms with Crippen molar-refractivity contribution in [1.82, 2.24) is 4.90 Å². The van der Waals surface area contributed by atoms with Gasteiger partial charge in [-0.1, -0.05) is 41.4 Å². The highest BCUT2D eigenvalue weighted by atomic mass is 35.5. The third-order valence-electron chi connectivity index (χ3n) is 9.48. The number of carbonyl (C=O) groups is 2. The molecule has 4 heterocycles. The summed E-state index contributed by atoms with van der Waals surface area (Å²) in [6.45, 7) is 2.77. The molecule has 12 heteroatoms. The number of benzene rings is 3. The van der Waals surface area contributed by atoms with E-state index in [1.54, 1.807) is 37.4 Å². The Labute approximate surface area is 276 Å². The lowest BCUT2D eigenvalue weighted by atomic mass is 9.96. The third-order valence-corrected chi connectivity index (χ3v) is 10.1. The zero-order valence-electron chi connectivity index (χ0n) is 25.3. The Morgan fingerprint density at radius 1 is 0.957 bits per heavy atom. The summed E-state index contributed by atoms with van der Waals surface area (Å²) in [7, 11) is 1.72. The van der Waals surface area contributed by atoms with Crippen LogP contribution in [0.1, 0.15) is 52.0 Å². The molecule has 3 aromatic rings. The van der Waals surface area contributed by atoms with Gasteiger partial charge >= 0.3 is 5.97 Å². The number of halogens is 3. The van der Waals surface area contributed by atoms with Gasteiger partial charge in [0.05, 0.1) is 51.7 Å². The molecule has 0 aromatic heterocycles. The number of amides is 1. The molecule has 2 atom stereocenters. The minimum atomic E-state index is -1.19. The maximum absolute atomic E-state index is 15.6. The van der Waals surface area contributed by atoms with E-state index in [1.807, 2.05) is 11.0 Å². The number of ether oxygens (including phenoxy) is 3. The van der Waals surface area contributed by atoms with E-state index in [2.05, 4.69) is 4.90 Å². The number of piperidine rings is 1. The van der Waals surface area contributed by atoms with Crippen LogP contribution in [0.25, 0.3) is 11.1 Å². The molecular formula is C34H34Cl2FN3O6. The SMILES string of the molecule is COC1CCN(c2cc(Cl)c(C(=O)N3COc4c(cccc4-c4cc(N5CC6CCC(C5)O6)c(C(=O)O)cc4F)C3)c(Cl)c2)CC1. The molecule has 3 fully saturated rings. The van der Waals surface area contributed by atoms with Crippen LogP contribution in [-0.4, -0.2) is 80.2 Å². The van der Waals surface area contributed by atoms with Gasteiger partial charge in [0, 0.05) is 55.7 Å². The molecule has 242 valence electrons. The Kier molecular flexibility index (Phi) is 8.48. The minimum absolute atomic E-state index is 0.0249. The molecule has 3 aromatic carbocycles. The van der Waals surface area contributed by atoms with Crippen molar-refractivity contribution in [1.29, 1.82) is 0 Å². The molecule has 0 saturated carbocycles. The first kappa shape index (κ1) is 31.1. The molecule has 2 unspecified atom stereocenters. The highest BCUT2D eigenvalue weighted by molar-refractivity contribution is 6.40. The van der Waals surface area contributed by atoms with Crippen molar-refractivity contribution in [2.45, 2.75) is 50.5 Å². The number of methoxy groups -OCH3 is 1. The van der Waals surface area contributed by atoms with Crippen LogP contribution in [0.15, 0.2) is 42.5 Å². The van der Waals surface area contributed by atoms with E-state index < -0.39 is 11.8 Å². The van der Waals surface area contributed by atoms with Crippen LogP contribution >= 0.6 is 23.2 Å². The van der Waals surface area contributed by atoms with Gasteiger partial charge in [0.25, 0.3) is 5.91 Å². The van der Waals surface area contributed by atoms with E-state index in [0.29, 0.717) is 35.7 Å². The second-order valence-corrected chi connectivity index (χ2v) is 13.1. The van der Waals surface area contributed by atoms with Crippen LogP contribution in [0.3, 0.4) is 0 Å². The number of hydrogen-bond acceptors (Lipinski definition) is 7. The van der Waals surface area contributed by atoms with Crippen LogP contribution in [0.5, 0.6) is 5.75 Å². The molecule has 9 nitrogen and oxygen atoms in total. The molecule has 3 saturated heterocycles. The van der Waals surface area contributed by atoms with Crippen molar-refractivity contribution >= 4 is 46.5 Å². The molecule has 7 rings (SSSR count). The second kappa shape index (κ2) is 12.6. The number of para-hydroxylation sites is 1. The summed E-state index contributed by atoms with van der Waals surface area (Å²) in [5, 5.41) is 10.4. The van der Waals surface area contributed by atoms with Gasteiger partial charge in [-0.25, -0.2) is 9.18 Å². The molecule has 0 aliphatic carbocycles. The van der Waals surface area contributed by atoms with Crippen LogP contribution in [0.2, 0.25) is 10.0 Å². The fourth-order valence-corrected chi connectivity index (χ4v) is 7.72. The molecule has 2 bridgehead atoms. The van der Waals surface area contributed by atoms with E-state index in [4.69, 9.17) is 37.4 Å². The number of nitrogens with zero attached hydrogens (tertiary/aromatic N) is 3. The number of anilines is 2. The van der Waals surface area contributed by atoms with Crippen LogP contribution in [-0.2, 0) is 16.0 Å². The number of aromatic carboxylic acids is 1. The lowest BCUT2D eigenvalue weighted by Crippen LogP contribution is -2.43. The van der Waals surface area contributed by atoms with Gasteiger partial charge in [-0.15, -0.1) is 0 Å². The van der Waals surface area contributed by atoms with Gasteiger partial charge in [-0.2, -0.15) is 0 Å². The van der Waals surface area contributed by atoms with Gasteiger partial charge in [0.15, 0.2) is 6.73 Å². The summed E-state index contributed by atoms with van der Waals surface area (Å²) in [6, 6.07) is 11.5. The molecule has 46 heavy (non-hydrogen) atoms. The Morgan fingerprint density at radius 3 is 2.30 bits per heavy atom. The van der Waals surface area contributed by atoms with E-state index in [0.717, 1.165) is 50.5 Å². The standard InChI is InChI=1S/C34H34Cl2FN3O6/c1-44-21-7-9-38(10-8-21)20-11-27(35)31(28(36)12-20)33(41)40-15-19-3-2-4-24(32(19)45-18-40)25-14-30(26(34(42)43)13-29(25)37)39-16-22-5-6-23(17-39)46-22/h2-4,11-14,21-23H,5-10,15-18H2,1H3,(H,42,43). The third kappa shape index (κ3) is 5.76. The van der Waals surface area contributed by atoms with Gasteiger partial charge in [-0.3, -0.25) is 4.79 Å². The van der Waals surface area contributed by atoms with Crippen LogP contribution in [0, 0.1) is 5.82 Å². The first-order chi connectivity index (χ1) is 22.2. The summed E-state index contributed by atoms with van der Waals surface area (Å²) in [4.78, 5) is 31.5. The van der Waals surface area contributed by atoms with Crippen molar-refractivity contribution in [3.8, 4) is 16.9 Å². The quantitative estimate of drug-likeness (QED) is 0.319. The minimum Gasteiger partial charge on any atom is -0.478 e. The largest absolute Gasteiger partial charge is 0.478 e. The Bertz CT molecular complexity index is 1660. The predicted octanol–water partition coefficient (Wildman–Crippen LogP) is 6.47. The highest BCUT2D eigenvalue weighted by Crippen LogP contribution is 2.42. The number of hydrogen-bond donors (Lipinski definition) is 1. The molecule has 4 aliphatic heterocycles. The number of carboxylic acid groups (broad SMARTS) is 1. The number of rotatable bonds is 6. The Hall–Kier alpha value is -3.57. The van der Waals surface area contributed by atoms with Crippen molar-refractivity contribution in [2.24, 2.45) is 0 Å². The van der Waals surface area contributed by atoms with Crippen molar-refractivity contribution < 1.29 is 33.3 Å². The zero-order valence-corrected chi connectivity index (χ0v) is 26.8. The first-order valence-corrected chi connectivity index (χ1v) is 16.2. The Balaban J connectivity index is 1.15. The maximum atomic E-state index is 15.6. The van der Waals surface area contributed by atoms with E-state index >= 15 is 4.39 Å². The van der Waals surface area contributed by atoms with Gasteiger partial charge in [-0.05, 0) is 49.9 Å². The molecule has 0 radical (unpaired) electrons. The summed E-state index contributed by atoms with van der Waals surface area (Å²) < 4.78 is 33.2. The van der Waals surface area contributed by atoms with E-state index in [-0.39, 0.29) is 64.2 Å². The van der Waals surface area contributed by atoms with E-state index in [9.17, 15) is 14.7 Å². The van der Waals surface area contributed by atoms with Gasteiger partial charge in [0.2, 0.25) is 0 Å². The second-order valence-electron chi connectivity index (χ2n) is 12.3. The normalized spacial score (nSPS) is 21.3. The number of morpholine rings is 1. The maximum Gasteiger partial charge on any atom is 0.337 e. The van der Waals surface area contributed by atoms with Crippen molar-refractivity contribution in [3.63, 3.8) is 0 Å². The summed E-state index contributed by atoms with van der Waals surface area (Å²) in [5.74, 6) is -1.80. The Morgan fingerprint density at radius 2 is 1.65 bits per heavy atom. The molecular weight excluding hydrogens is 636 g/mol. The van der Waals surface area contributed by atoms with Crippen molar-refractivity contribution in [2.75, 3.05) is 49.8 Å². The molecule has 1 N–H and O–H groups in total. The fraction of sp³-hybridized carbons (Fsp3) is 0.412. The molecule has 0 spiro atoms. The number of fused-ring (bicyclic) bond motifs is 3. The zero-order chi connectivity index (χ0) is 32.1. The predicted molar refractivity (Wildman–Crippen MR) is 173 cm³/mol. The van der Waals surface area contributed by atoms with E-state index in [1.165, 1.54) is 4.90 Å². The van der Waals surface area contributed by atoms with Crippen LogP contribution in [0.4, 0.5) is 15.8 Å². The lowest BCUT2D eigenvalue weighted by Gasteiger charge is -2.35. The van der Waals surface area contributed by atoms with Crippen LogP contribution < -0.4 is 14.5 Å². The fourth-order valence-electron chi connectivity index (χ4n) is 7.08. The topological polar surface area (TPSA) is 91.8 Å². The molecule has 4 aliphatic rings.